The second-order valence-corrected chi connectivity index (χ2v) is 4.22. The van der Waals surface area contributed by atoms with Gasteiger partial charge in [0.2, 0.25) is 0 Å². The van der Waals surface area contributed by atoms with Crippen molar-refractivity contribution in [1.29, 1.82) is 0 Å². The third-order valence-corrected chi connectivity index (χ3v) is 3.12. The number of hydrogen-bond acceptors (Lipinski definition) is 0. The summed E-state index contributed by atoms with van der Waals surface area (Å²) < 4.78 is 0. The van der Waals surface area contributed by atoms with Gasteiger partial charge in [-0.3, -0.25) is 0 Å². The van der Waals surface area contributed by atoms with Crippen molar-refractivity contribution >= 4 is 0 Å². The summed E-state index contributed by atoms with van der Waals surface area (Å²) in [5.41, 5.74) is 7.93. The largest absolute Gasteiger partial charge is 0.118 e. The first-order chi connectivity index (χ1) is 6.36. The zero-order valence-corrected chi connectivity index (χ0v) is 8.36. The zero-order valence-electron chi connectivity index (χ0n) is 8.36. The average Bonchev–Trinajstić information content (AvgIpc) is 2.54. The SMILES string of the molecule is C=C1CCCC1=C=C1CCCCC1. The second-order valence-electron chi connectivity index (χ2n) is 4.22. The van der Waals surface area contributed by atoms with Gasteiger partial charge in [-0.05, 0) is 61.7 Å². The predicted molar refractivity (Wildman–Crippen MR) is 56.6 cm³/mol. The zero-order chi connectivity index (χ0) is 9.10. The van der Waals surface area contributed by atoms with Crippen molar-refractivity contribution in [3.63, 3.8) is 0 Å². The molecule has 0 saturated heterocycles. The van der Waals surface area contributed by atoms with Crippen molar-refractivity contribution < 1.29 is 0 Å². The van der Waals surface area contributed by atoms with E-state index < -0.39 is 0 Å². The molecule has 0 aromatic heterocycles. The van der Waals surface area contributed by atoms with Crippen LogP contribution in [-0.4, -0.2) is 0 Å². The van der Waals surface area contributed by atoms with E-state index in [0.29, 0.717) is 0 Å². The highest BCUT2D eigenvalue weighted by molar-refractivity contribution is 5.33. The molecule has 0 aromatic rings. The first kappa shape index (κ1) is 8.84. The van der Waals surface area contributed by atoms with Gasteiger partial charge in [-0.15, -0.1) is 5.73 Å². The van der Waals surface area contributed by atoms with Crippen LogP contribution in [0.4, 0.5) is 0 Å². The summed E-state index contributed by atoms with van der Waals surface area (Å²) in [6, 6.07) is 0. The molecular formula is C13H18. The van der Waals surface area contributed by atoms with Crippen LogP contribution in [0.3, 0.4) is 0 Å². The van der Waals surface area contributed by atoms with Crippen LogP contribution in [0, 0.1) is 0 Å². The Morgan fingerprint density at radius 1 is 0.846 bits per heavy atom. The summed E-state index contributed by atoms with van der Waals surface area (Å²) in [5, 5.41) is 0. The summed E-state index contributed by atoms with van der Waals surface area (Å²) in [6.07, 6.45) is 10.5. The summed E-state index contributed by atoms with van der Waals surface area (Å²) in [6.45, 7) is 4.09. The van der Waals surface area contributed by atoms with Gasteiger partial charge in [0.1, 0.15) is 0 Å². The Bertz CT molecular complexity index is 266. The minimum Gasteiger partial charge on any atom is -0.118 e. The van der Waals surface area contributed by atoms with Crippen molar-refractivity contribution in [2.75, 3.05) is 0 Å². The van der Waals surface area contributed by atoms with Crippen LogP contribution in [0.5, 0.6) is 0 Å². The van der Waals surface area contributed by atoms with E-state index in [-0.39, 0.29) is 0 Å². The highest BCUT2D eigenvalue weighted by atomic mass is 14.2. The molecule has 0 N–H and O–H groups in total. The molecule has 0 amide bonds. The predicted octanol–water partition coefficient (Wildman–Crippen LogP) is 4.14. The van der Waals surface area contributed by atoms with Crippen LogP contribution >= 0.6 is 0 Å². The van der Waals surface area contributed by atoms with Crippen LogP contribution in [0.1, 0.15) is 51.4 Å². The molecular weight excluding hydrogens is 156 g/mol. The molecule has 0 spiro atoms. The molecule has 0 heteroatoms. The molecule has 2 aliphatic rings. The minimum absolute atomic E-state index is 1.20. The molecule has 0 aliphatic heterocycles. The Hall–Kier alpha value is -0.740. The van der Waals surface area contributed by atoms with Gasteiger partial charge in [0.05, 0.1) is 0 Å². The Labute approximate surface area is 81.0 Å². The summed E-state index contributed by atoms with van der Waals surface area (Å²) in [5.74, 6) is 0. The smallest absolute Gasteiger partial charge is 0.00346 e. The Balaban J connectivity index is 2.18. The lowest BCUT2D eigenvalue weighted by atomic mass is 9.94. The molecule has 0 radical (unpaired) electrons. The standard InChI is InChI=1S/C13H18/c1-11-6-5-9-13(11)10-12-7-3-2-4-8-12/h1-9H2. The van der Waals surface area contributed by atoms with E-state index >= 15 is 0 Å². The molecule has 0 nitrogen and oxygen atoms in total. The van der Waals surface area contributed by atoms with Crippen LogP contribution in [0.2, 0.25) is 0 Å². The number of hydrogen-bond donors (Lipinski definition) is 0. The maximum absolute atomic E-state index is 4.09. The molecule has 2 aliphatic carbocycles. The molecule has 0 aromatic carbocycles. The maximum Gasteiger partial charge on any atom is -0.00346 e. The molecule has 2 fully saturated rings. The van der Waals surface area contributed by atoms with Crippen LogP contribution in [0.25, 0.3) is 0 Å². The van der Waals surface area contributed by atoms with Crippen molar-refractivity contribution in [1.82, 2.24) is 0 Å². The van der Waals surface area contributed by atoms with Gasteiger partial charge in [0.15, 0.2) is 0 Å². The lowest BCUT2D eigenvalue weighted by Gasteiger charge is -2.11. The van der Waals surface area contributed by atoms with Gasteiger partial charge < -0.3 is 0 Å². The van der Waals surface area contributed by atoms with Crippen LogP contribution < -0.4 is 0 Å². The topological polar surface area (TPSA) is 0 Å². The lowest BCUT2D eigenvalue weighted by molar-refractivity contribution is 0.600. The van der Waals surface area contributed by atoms with E-state index in [1.54, 1.807) is 5.57 Å². The molecule has 2 saturated carbocycles. The van der Waals surface area contributed by atoms with E-state index in [9.17, 15) is 0 Å². The molecule has 0 heterocycles. The fraction of sp³-hybridized carbons (Fsp3) is 0.615. The van der Waals surface area contributed by atoms with Gasteiger partial charge >= 0.3 is 0 Å². The molecule has 13 heavy (non-hydrogen) atoms. The van der Waals surface area contributed by atoms with Crippen LogP contribution in [-0.2, 0) is 0 Å². The Morgan fingerprint density at radius 3 is 2.23 bits per heavy atom. The van der Waals surface area contributed by atoms with Gasteiger partial charge in [-0.2, -0.15) is 0 Å². The highest BCUT2D eigenvalue weighted by Crippen LogP contribution is 2.30. The molecule has 2 rings (SSSR count). The van der Waals surface area contributed by atoms with Gasteiger partial charge in [0.25, 0.3) is 0 Å². The van der Waals surface area contributed by atoms with Crippen molar-refractivity contribution in [3.05, 3.63) is 29.0 Å². The molecule has 0 atom stereocenters. The summed E-state index contributed by atoms with van der Waals surface area (Å²) >= 11 is 0. The average molecular weight is 174 g/mol. The normalized spacial score (nSPS) is 23.5. The summed E-state index contributed by atoms with van der Waals surface area (Å²) in [4.78, 5) is 0. The van der Waals surface area contributed by atoms with E-state index in [0.717, 1.165) is 0 Å². The number of allylic oxidation sites excluding steroid dienone is 2. The number of rotatable bonds is 0. The van der Waals surface area contributed by atoms with E-state index in [1.165, 1.54) is 62.5 Å². The van der Waals surface area contributed by atoms with Crippen LogP contribution in [0.15, 0.2) is 29.0 Å². The summed E-state index contributed by atoms with van der Waals surface area (Å²) in [7, 11) is 0. The third kappa shape index (κ3) is 2.14. The Morgan fingerprint density at radius 2 is 1.62 bits per heavy atom. The fourth-order valence-corrected chi connectivity index (χ4v) is 2.27. The van der Waals surface area contributed by atoms with E-state index in [2.05, 4.69) is 12.3 Å². The molecule has 0 unspecified atom stereocenters. The van der Waals surface area contributed by atoms with Crippen molar-refractivity contribution in [2.45, 2.75) is 51.4 Å². The second kappa shape index (κ2) is 3.98. The van der Waals surface area contributed by atoms with Crippen molar-refractivity contribution in [3.8, 4) is 0 Å². The monoisotopic (exact) mass is 174 g/mol. The molecule has 0 bridgehead atoms. The van der Waals surface area contributed by atoms with E-state index in [1.807, 2.05) is 0 Å². The maximum atomic E-state index is 4.09. The van der Waals surface area contributed by atoms with E-state index in [4.69, 9.17) is 0 Å². The highest BCUT2D eigenvalue weighted by Gasteiger charge is 2.11. The minimum atomic E-state index is 1.20. The third-order valence-electron chi connectivity index (χ3n) is 3.12. The van der Waals surface area contributed by atoms with Gasteiger partial charge in [-0.1, -0.05) is 13.0 Å². The van der Waals surface area contributed by atoms with Gasteiger partial charge in [-0.25, -0.2) is 0 Å². The van der Waals surface area contributed by atoms with Gasteiger partial charge in [0, 0.05) is 0 Å². The first-order valence-corrected chi connectivity index (χ1v) is 5.52. The Kier molecular flexibility index (Phi) is 2.71. The van der Waals surface area contributed by atoms with Crippen molar-refractivity contribution in [2.24, 2.45) is 0 Å². The first-order valence-electron chi connectivity index (χ1n) is 5.52. The molecule has 70 valence electrons. The quantitative estimate of drug-likeness (QED) is 0.484. The fourth-order valence-electron chi connectivity index (χ4n) is 2.27. The lowest BCUT2D eigenvalue weighted by Crippen LogP contribution is -1.92.